The van der Waals surface area contributed by atoms with Crippen molar-refractivity contribution in [3.05, 3.63) is 94.8 Å². The van der Waals surface area contributed by atoms with Crippen molar-refractivity contribution in [1.82, 2.24) is 15.6 Å². The van der Waals surface area contributed by atoms with Crippen molar-refractivity contribution in [3.63, 3.8) is 0 Å². The maximum atomic E-state index is 12.1. The van der Waals surface area contributed by atoms with Gasteiger partial charge in [0.15, 0.2) is 0 Å². The summed E-state index contributed by atoms with van der Waals surface area (Å²) in [6.45, 7) is 1.01. The van der Waals surface area contributed by atoms with Crippen molar-refractivity contribution in [1.29, 1.82) is 0 Å². The summed E-state index contributed by atoms with van der Waals surface area (Å²) in [6, 6.07) is 19.8. The summed E-state index contributed by atoms with van der Waals surface area (Å²) in [5.74, 6) is 0.325. The number of hydrogen-bond acceptors (Lipinski definition) is 4. The Bertz CT molecular complexity index is 978. The summed E-state index contributed by atoms with van der Waals surface area (Å²) in [5, 5.41) is 6.13. The van der Waals surface area contributed by atoms with E-state index in [9.17, 15) is 9.59 Å². The molecule has 0 aliphatic heterocycles. The molecule has 0 radical (unpaired) electrons. The summed E-state index contributed by atoms with van der Waals surface area (Å²) in [4.78, 5) is 28.3. The van der Waals surface area contributed by atoms with Crippen LogP contribution in [0.1, 0.15) is 28.0 Å². The van der Waals surface area contributed by atoms with Crippen LogP contribution in [0, 0.1) is 0 Å². The van der Waals surface area contributed by atoms with Crippen LogP contribution in [0.4, 0.5) is 0 Å². The third kappa shape index (κ3) is 6.90. The molecule has 3 aromatic rings. The summed E-state index contributed by atoms with van der Waals surface area (Å²) in [6.07, 6.45) is 1.91. The van der Waals surface area contributed by atoms with E-state index in [0.717, 1.165) is 11.3 Å². The van der Waals surface area contributed by atoms with Gasteiger partial charge in [0.25, 0.3) is 5.91 Å². The van der Waals surface area contributed by atoms with Gasteiger partial charge in [-0.05, 0) is 54.1 Å². The molecule has 30 heavy (non-hydrogen) atoms. The summed E-state index contributed by atoms with van der Waals surface area (Å²) >= 11 is 5.81. The SMILES string of the molecule is O=C(CCNC(=O)c1ccc(Cl)cc1)NCc1cccc(OCc2ccccn2)c1. The third-order valence-electron chi connectivity index (χ3n) is 4.25. The van der Waals surface area contributed by atoms with Gasteiger partial charge in [0.1, 0.15) is 12.4 Å². The zero-order valence-corrected chi connectivity index (χ0v) is 17.1. The average Bonchev–Trinajstić information content (AvgIpc) is 2.78. The smallest absolute Gasteiger partial charge is 0.251 e. The second kappa shape index (κ2) is 11.0. The van der Waals surface area contributed by atoms with Crippen LogP contribution in [0.5, 0.6) is 5.75 Å². The quantitative estimate of drug-likeness (QED) is 0.549. The first-order chi connectivity index (χ1) is 14.6. The second-order valence-corrected chi connectivity index (χ2v) is 6.98. The van der Waals surface area contributed by atoms with Crippen molar-refractivity contribution in [2.24, 2.45) is 0 Å². The van der Waals surface area contributed by atoms with E-state index >= 15 is 0 Å². The van der Waals surface area contributed by atoms with Crippen molar-refractivity contribution < 1.29 is 14.3 Å². The fourth-order valence-electron chi connectivity index (χ4n) is 2.67. The minimum absolute atomic E-state index is 0.147. The lowest BCUT2D eigenvalue weighted by molar-refractivity contribution is -0.121. The molecule has 2 aromatic carbocycles. The molecule has 7 heteroatoms. The number of carbonyl (C=O) groups excluding carboxylic acids is 2. The molecule has 1 aromatic heterocycles. The van der Waals surface area contributed by atoms with Crippen LogP contribution in [0.3, 0.4) is 0 Å². The number of nitrogens with one attached hydrogen (secondary N) is 2. The second-order valence-electron chi connectivity index (χ2n) is 6.55. The number of benzene rings is 2. The molecule has 0 aliphatic rings. The molecule has 0 saturated heterocycles. The van der Waals surface area contributed by atoms with Crippen molar-refractivity contribution >= 4 is 23.4 Å². The molecule has 0 unspecified atom stereocenters. The highest BCUT2D eigenvalue weighted by Crippen LogP contribution is 2.15. The van der Waals surface area contributed by atoms with Crippen LogP contribution < -0.4 is 15.4 Å². The fraction of sp³-hybridized carbons (Fsp3) is 0.174. The third-order valence-corrected chi connectivity index (χ3v) is 4.50. The molecule has 0 saturated carbocycles. The summed E-state index contributed by atoms with van der Waals surface area (Å²) in [7, 11) is 0. The molecule has 2 N–H and O–H groups in total. The zero-order valence-electron chi connectivity index (χ0n) is 16.3. The van der Waals surface area contributed by atoms with Crippen LogP contribution in [0.15, 0.2) is 72.9 Å². The van der Waals surface area contributed by atoms with E-state index < -0.39 is 0 Å². The number of halogens is 1. The van der Waals surface area contributed by atoms with Gasteiger partial charge in [0.05, 0.1) is 5.69 Å². The Labute approximate surface area is 180 Å². The Balaban J connectivity index is 1.39. The van der Waals surface area contributed by atoms with Crippen LogP contribution in [0.2, 0.25) is 5.02 Å². The fourth-order valence-corrected chi connectivity index (χ4v) is 2.79. The molecule has 0 spiro atoms. The zero-order chi connectivity index (χ0) is 21.2. The van der Waals surface area contributed by atoms with E-state index in [2.05, 4.69) is 15.6 Å². The molecule has 6 nitrogen and oxygen atoms in total. The van der Waals surface area contributed by atoms with E-state index in [1.54, 1.807) is 30.5 Å². The Morgan fingerprint density at radius 1 is 0.967 bits per heavy atom. The minimum Gasteiger partial charge on any atom is -0.487 e. The normalized spacial score (nSPS) is 10.3. The molecule has 1 heterocycles. The Kier molecular flexibility index (Phi) is 7.80. The number of carbonyl (C=O) groups is 2. The minimum atomic E-state index is -0.239. The largest absolute Gasteiger partial charge is 0.487 e. The van der Waals surface area contributed by atoms with Gasteiger partial charge in [-0.2, -0.15) is 0 Å². The number of ether oxygens (including phenoxy) is 1. The lowest BCUT2D eigenvalue weighted by Gasteiger charge is -2.09. The number of nitrogens with zero attached hydrogens (tertiary/aromatic N) is 1. The molecular formula is C23H22ClN3O3. The Hall–Kier alpha value is -3.38. The van der Waals surface area contributed by atoms with E-state index in [1.807, 2.05) is 42.5 Å². The molecule has 0 bridgehead atoms. The van der Waals surface area contributed by atoms with E-state index in [0.29, 0.717) is 29.5 Å². The lowest BCUT2D eigenvalue weighted by Crippen LogP contribution is -2.30. The molecule has 3 rings (SSSR count). The van der Waals surface area contributed by atoms with Crippen LogP contribution >= 0.6 is 11.6 Å². The lowest BCUT2D eigenvalue weighted by atomic mass is 10.2. The van der Waals surface area contributed by atoms with Crippen LogP contribution in [-0.4, -0.2) is 23.3 Å². The molecule has 0 fully saturated rings. The predicted octanol–water partition coefficient (Wildman–Crippen LogP) is 3.75. The highest BCUT2D eigenvalue weighted by atomic mass is 35.5. The first-order valence-corrected chi connectivity index (χ1v) is 9.90. The van der Waals surface area contributed by atoms with Crippen molar-refractivity contribution in [3.8, 4) is 5.75 Å². The van der Waals surface area contributed by atoms with Gasteiger partial charge in [0, 0.05) is 36.3 Å². The van der Waals surface area contributed by atoms with Crippen LogP contribution in [-0.2, 0) is 17.9 Å². The van der Waals surface area contributed by atoms with Gasteiger partial charge in [-0.15, -0.1) is 0 Å². The van der Waals surface area contributed by atoms with Gasteiger partial charge in [-0.3, -0.25) is 14.6 Å². The molecule has 0 atom stereocenters. The standard InChI is InChI=1S/C23H22ClN3O3/c24-19-9-7-18(8-10-19)23(29)26-13-11-22(28)27-15-17-4-3-6-21(14-17)30-16-20-5-1-2-12-25-20/h1-10,12,14H,11,13,15-16H2,(H,26,29)(H,27,28). The maximum Gasteiger partial charge on any atom is 0.251 e. The van der Waals surface area contributed by atoms with Gasteiger partial charge < -0.3 is 15.4 Å². The van der Waals surface area contributed by atoms with E-state index in [-0.39, 0.29) is 24.8 Å². The maximum absolute atomic E-state index is 12.1. The van der Waals surface area contributed by atoms with Gasteiger partial charge in [0.2, 0.25) is 5.91 Å². The Morgan fingerprint density at radius 2 is 1.80 bits per heavy atom. The van der Waals surface area contributed by atoms with Crippen LogP contribution in [0.25, 0.3) is 0 Å². The molecule has 154 valence electrons. The highest BCUT2D eigenvalue weighted by molar-refractivity contribution is 6.30. The highest BCUT2D eigenvalue weighted by Gasteiger charge is 2.07. The van der Waals surface area contributed by atoms with Gasteiger partial charge in [-0.25, -0.2) is 0 Å². The molecular weight excluding hydrogens is 402 g/mol. The monoisotopic (exact) mass is 423 g/mol. The predicted molar refractivity (Wildman–Crippen MR) is 115 cm³/mol. The van der Waals surface area contributed by atoms with Crippen molar-refractivity contribution in [2.75, 3.05) is 6.54 Å². The Morgan fingerprint density at radius 3 is 2.57 bits per heavy atom. The number of rotatable bonds is 9. The van der Waals surface area contributed by atoms with Gasteiger partial charge in [-0.1, -0.05) is 29.8 Å². The summed E-state index contributed by atoms with van der Waals surface area (Å²) < 4.78 is 5.75. The first kappa shape index (κ1) is 21.3. The summed E-state index contributed by atoms with van der Waals surface area (Å²) in [5.41, 5.74) is 2.27. The molecule has 2 amide bonds. The van der Waals surface area contributed by atoms with E-state index in [4.69, 9.17) is 16.3 Å². The number of amides is 2. The average molecular weight is 424 g/mol. The topological polar surface area (TPSA) is 80.3 Å². The molecule has 0 aliphatic carbocycles. The van der Waals surface area contributed by atoms with Gasteiger partial charge >= 0.3 is 0 Å². The van der Waals surface area contributed by atoms with Crippen molar-refractivity contribution in [2.45, 2.75) is 19.6 Å². The number of pyridine rings is 1. The number of aromatic nitrogens is 1. The first-order valence-electron chi connectivity index (χ1n) is 9.52. The number of hydrogen-bond donors (Lipinski definition) is 2. The van der Waals surface area contributed by atoms with E-state index in [1.165, 1.54) is 0 Å².